The van der Waals surface area contributed by atoms with E-state index < -0.39 is 33.8 Å². The highest BCUT2D eigenvalue weighted by molar-refractivity contribution is 9.09. The maximum atomic E-state index is 13.1. The first-order valence-corrected chi connectivity index (χ1v) is 11.0. The molecule has 5 nitrogen and oxygen atoms in total. The van der Waals surface area contributed by atoms with E-state index in [2.05, 4.69) is 34.9 Å². The van der Waals surface area contributed by atoms with Crippen molar-refractivity contribution in [2.45, 2.75) is 66.7 Å². The van der Waals surface area contributed by atoms with E-state index in [1.807, 2.05) is 13.8 Å². The number of carbonyl (C=O) groups is 3. The number of nitrogens with zero attached hydrogens (tertiary/aromatic N) is 1. The molecule has 4 aliphatic carbocycles. The molecule has 5 atom stereocenters. The highest BCUT2D eigenvalue weighted by Crippen LogP contribution is 2.69. The second-order valence-corrected chi connectivity index (χ2v) is 10.8. The van der Waals surface area contributed by atoms with Crippen molar-refractivity contribution in [1.29, 1.82) is 0 Å². The van der Waals surface area contributed by atoms with Crippen LogP contribution in [0.15, 0.2) is 5.16 Å². The number of rotatable bonds is 3. The molecule has 0 aromatic rings. The maximum Gasteiger partial charge on any atom is 0.349 e. The van der Waals surface area contributed by atoms with Crippen LogP contribution in [0, 0.1) is 33.0 Å². The molecule has 27 heavy (non-hydrogen) atoms. The first-order chi connectivity index (χ1) is 12.4. The Morgan fingerprint density at radius 1 is 1.07 bits per heavy atom. The van der Waals surface area contributed by atoms with E-state index in [0.717, 1.165) is 30.3 Å². The lowest BCUT2D eigenvalue weighted by Crippen LogP contribution is -2.45. The van der Waals surface area contributed by atoms with Crippen molar-refractivity contribution in [3.63, 3.8) is 0 Å². The average Bonchev–Trinajstić information content (AvgIpc) is 3.13. The van der Waals surface area contributed by atoms with Crippen LogP contribution in [-0.2, 0) is 19.2 Å². The van der Waals surface area contributed by atoms with Gasteiger partial charge in [0, 0.05) is 21.6 Å². The van der Waals surface area contributed by atoms with Crippen LogP contribution in [0.5, 0.6) is 0 Å². The Balaban J connectivity index is 1.64. The molecule has 148 valence electrons. The molecule has 4 bridgehead atoms. The Bertz CT molecular complexity index is 804. The number of carbonyl (C=O) groups excluding carboxylic acids is 3. The molecule has 0 aromatic heterocycles. The van der Waals surface area contributed by atoms with Crippen LogP contribution < -0.4 is 0 Å². The monoisotopic (exact) mass is 437 g/mol. The molecule has 5 unspecified atom stereocenters. The zero-order valence-electron chi connectivity index (χ0n) is 16.8. The quantitative estimate of drug-likeness (QED) is 0.219. The standard InChI is InChI=1S/C21H28BrNO4/c1-17(2)19(4)8-9-21(17,15(25)14(19)24)16(26)27-23-13-10-12-6-7-18(13,3)20(12,5)11-22/h12H,6-11H2,1-5H3. The minimum Gasteiger partial charge on any atom is -0.317 e. The molecule has 0 radical (unpaired) electrons. The summed E-state index contributed by atoms with van der Waals surface area (Å²) in [4.78, 5) is 43.9. The molecule has 0 saturated heterocycles. The van der Waals surface area contributed by atoms with Crippen molar-refractivity contribution in [2.75, 3.05) is 5.33 Å². The lowest BCUT2D eigenvalue weighted by Gasteiger charge is -2.37. The van der Waals surface area contributed by atoms with E-state index in [1.165, 1.54) is 0 Å². The lowest BCUT2D eigenvalue weighted by molar-refractivity contribution is -0.165. The number of oxime groups is 1. The highest BCUT2D eigenvalue weighted by atomic mass is 79.9. The SMILES string of the molecule is CC12CCC(CC1=NOC(=O)C13CCC(C)(C(=O)C1=O)C3(C)C)C2(C)CBr. The van der Waals surface area contributed by atoms with Crippen LogP contribution in [-0.4, -0.2) is 28.6 Å². The fraction of sp³-hybridized carbons (Fsp3) is 0.810. The Kier molecular flexibility index (Phi) is 3.79. The van der Waals surface area contributed by atoms with Crippen molar-refractivity contribution < 1.29 is 19.2 Å². The smallest absolute Gasteiger partial charge is 0.317 e. The molecule has 0 amide bonds. The van der Waals surface area contributed by atoms with Gasteiger partial charge in [-0.2, -0.15) is 0 Å². The molecule has 4 saturated carbocycles. The minimum absolute atomic E-state index is 0.0981. The summed E-state index contributed by atoms with van der Waals surface area (Å²) in [5, 5.41) is 5.19. The number of hydrogen-bond donors (Lipinski definition) is 0. The fourth-order valence-electron chi connectivity index (χ4n) is 6.57. The molecule has 0 aliphatic heterocycles. The molecule has 6 heteroatoms. The third-order valence-electron chi connectivity index (χ3n) is 9.64. The van der Waals surface area contributed by atoms with Gasteiger partial charge in [0.25, 0.3) is 0 Å². The van der Waals surface area contributed by atoms with Crippen LogP contribution in [0.1, 0.15) is 66.7 Å². The van der Waals surface area contributed by atoms with Gasteiger partial charge in [-0.1, -0.05) is 55.7 Å². The van der Waals surface area contributed by atoms with Gasteiger partial charge in [0.1, 0.15) is 5.41 Å². The summed E-state index contributed by atoms with van der Waals surface area (Å²) in [5.41, 5.74) is -2.02. The molecule has 0 N–H and O–H groups in total. The molecule has 4 fully saturated rings. The number of ketones is 2. The normalized spacial score (nSPS) is 48.7. The topological polar surface area (TPSA) is 72.8 Å². The first-order valence-electron chi connectivity index (χ1n) is 9.86. The number of hydrogen-bond acceptors (Lipinski definition) is 5. The van der Waals surface area contributed by atoms with Gasteiger partial charge in [-0.25, -0.2) is 4.79 Å². The summed E-state index contributed by atoms with van der Waals surface area (Å²) >= 11 is 3.67. The Morgan fingerprint density at radius 2 is 1.74 bits per heavy atom. The van der Waals surface area contributed by atoms with Gasteiger partial charge in [-0.05, 0) is 43.4 Å². The zero-order chi connectivity index (χ0) is 20.0. The highest BCUT2D eigenvalue weighted by Gasteiger charge is 2.79. The van der Waals surface area contributed by atoms with Gasteiger partial charge >= 0.3 is 5.97 Å². The van der Waals surface area contributed by atoms with Crippen LogP contribution >= 0.6 is 15.9 Å². The summed E-state index contributed by atoms with van der Waals surface area (Å²) in [7, 11) is 0. The molecular weight excluding hydrogens is 410 g/mol. The van der Waals surface area contributed by atoms with Crippen molar-refractivity contribution in [3.05, 3.63) is 0 Å². The fourth-order valence-corrected chi connectivity index (χ4v) is 7.65. The second kappa shape index (κ2) is 5.31. The van der Waals surface area contributed by atoms with E-state index >= 15 is 0 Å². The molecule has 0 heterocycles. The van der Waals surface area contributed by atoms with E-state index in [9.17, 15) is 14.4 Å². The van der Waals surface area contributed by atoms with Crippen LogP contribution in [0.2, 0.25) is 0 Å². The summed E-state index contributed by atoms with van der Waals surface area (Å²) < 4.78 is 0. The third-order valence-corrected chi connectivity index (χ3v) is 10.8. The molecule has 4 aliphatic rings. The number of alkyl halides is 1. The largest absolute Gasteiger partial charge is 0.349 e. The zero-order valence-corrected chi connectivity index (χ0v) is 18.4. The van der Waals surface area contributed by atoms with Gasteiger partial charge in [0.05, 0.1) is 5.71 Å². The van der Waals surface area contributed by atoms with Crippen molar-refractivity contribution in [1.82, 2.24) is 0 Å². The van der Waals surface area contributed by atoms with E-state index in [1.54, 1.807) is 6.92 Å². The van der Waals surface area contributed by atoms with Gasteiger partial charge in [-0.3, -0.25) is 9.59 Å². The van der Waals surface area contributed by atoms with Crippen molar-refractivity contribution >= 4 is 39.2 Å². The van der Waals surface area contributed by atoms with Crippen molar-refractivity contribution in [3.8, 4) is 0 Å². The molecule has 0 aromatic carbocycles. The van der Waals surface area contributed by atoms with Crippen LogP contribution in [0.25, 0.3) is 0 Å². The minimum atomic E-state index is -1.39. The van der Waals surface area contributed by atoms with Gasteiger partial charge in [0.2, 0.25) is 11.6 Å². The van der Waals surface area contributed by atoms with Gasteiger partial charge < -0.3 is 4.84 Å². The van der Waals surface area contributed by atoms with Crippen molar-refractivity contribution in [2.24, 2.45) is 38.1 Å². The molecule has 4 rings (SSSR count). The summed E-state index contributed by atoms with van der Waals surface area (Å²) in [6, 6.07) is 0. The summed E-state index contributed by atoms with van der Waals surface area (Å²) in [6.07, 6.45) is 3.92. The second-order valence-electron chi connectivity index (χ2n) is 10.3. The number of halogens is 1. The summed E-state index contributed by atoms with van der Waals surface area (Å²) in [6.45, 7) is 9.97. The third kappa shape index (κ3) is 1.82. The van der Waals surface area contributed by atoms with E-state index in [4.69, 9.17) is 4.84 Å². The van der Waals surface area contributed by atoms with Crippen LogP contribution in [0.4, 0.5) is 0 Å². The summed E-state index contributed by atoms with van der Waals surface area (Å²) in [5.74, 6) is -1.14. The van der Waals surface area contributed by atoms with Gasteiger partial charge in [0.15, 0.2) is 0 Å². The number of Topliss-reactive ketones (excluding diaryl/α,β-unsaturated/α-hetero) is 2. The Morgan fingerprint density at radius 3 is 2.26 bits per heavy atom. The first kappa shape index (κ1) is 19.3. The Labute approximate surface area is 168 Å². The molecular formula is C21H28BrNO4. The van der Waals surface area contributed by atoms with Gasteiger partial charge in [-0.15, -0.1) is 0 Å². The average molecular weight is 438 g/mol. The molecule has 0 spiro atoms. The predicted octanol–water partition coefficient (Wildman–Crippen LogP) is 4.07. The number of fused-ring (bicyclic) bond motifs is 4. The van der Waals surface area contributed by atoms with Crippen LogP contribution in [0.3, 0.4) is 0 Å². The van der Waals surface area contributed by atoms with E-state index in [-0.39, 0.29) is 10.8 Å². The van der Waals surface area contributed by atoms with E-state index in [0.29, 0.717) is 18.8 Å². The maximum absolute atomic E-state index is 13.1. The lowest BCUT2D eigenvalue weighted by atomic mass is 9.65. The predicted molar refractivity (Wildman–Crippen MR) is 104 cm³/mol. The Hall–Kier alpha value is -1.04.